The first-order valence-electron chi connectivity index (χ1n) is 5.32. The van der Waals surface area contributed by atoms with Gasteiger partial charge < -0.3 is 15.2 Å². The van der Waals surface area contributed by atoms with Crippen LogP contribution in [0.3, 0.4) is 0 Å². The summed E-state index contributed by atoms with van der Waals surface area (Å²) in [7, 11) is 1.72. The van der Waals surface area contributed by atoms with E-state index >= 15 is 0 Å². The van der Waals surface area contributed by atoms with Gasteiger partial charge in [-0.2, -0.15) is 0 Å². The van der Waals surface area contributed by atoms with Gasteiger partial charge in [0.25, 0.3) is 0 Å². The van der Waals surface area contributed by atoms with Gasteiger partial charge in [-0.05, 0) is 35.6 Å². The van der Waals surface area contributed by atoms with Crippen LogP contribution < -0.4 is 5.32 Å². The molecule has 1 atom stereocenters. The molecule has 15 heavy (non-hydrogen) atoms. The smallest absolute Gasteiger partial charge is 0.115 e. The van der Waals surface area contributed by atoms with E-state index in [4.69, 9.17) is 4.74 Å². The largest absolute Gasteiger partial charge is 0.508 e. The lowest BCUT2D eigenvalue weighted by Gasteiger charge is -2.26. The lowest BCUT2D eigenvalue weighted by atomic mass is 9.88. The van der Waals surface area contributed by atoms with Crippen LogP contribution in [0.5, 0.6) is 5.75 Å². The monoisotopic (exact) mass is 207 g/mol. The Morgan fingerprint density at radius 1 is 1.53 bits per heavy atom. The van der Waals surface area contributed by atoms with Gasteiger partial charge in [-0.1, -0.05) is 6.07 Å². The standard InChI is InChI=1S/C12H17NO2/c1-15-5-4-10-8-13-7-9-2-3-11(14)6-12(9)10/h2-3,6,10,13-14H,4-5,7-8H2,1H3. The number of phenolic OH excluding ortho intramolecular Hbond substituents is 1. The molecule has 1 aliphatic heterocycles. The van der Waals surface area contributed by atoms with Crippen molar-refractivity contribution in [3.63, 3.8) is 0 Å². The number of rotatable bonds is 3. The minimum Gasteiger partial charge on any atom is -0.508 e. The van der Waals surface area contributed by atoms with E-state index in [1.54, 1.807) is 13.2 Å². The van der Waals surface area contributed by atoms with Gasteiger partial charge in [-0.25, -0.2) is 0 Å². The summed E-state index contributed by atoms with van der Waals surface area (Å²) in [6.45, 7) is 2.64. The highest BCUT2D eigenvalue weighted by Gasteiger charge is 2.19. The summed E-state index contributed by atoms with van der Waals surface area (Å²) in [5.41, 5.74) is 2.56. The van der Waals surface area contributed by atoms with E-state index in [1.165, 1.54) is 11.1 Å². The fraction of sp³-hybridized carbons (Fsp3) is 0.500. The molecule has 0 spiro atoms. The number of benzene rings is 1. The number of phenols is 1. The normalized spacial score (nSPS) is 19.9. The Morgan fingerprint density at radius 3 is 3.20 bits per heavy atom. The van der Waals surface area contributed by atoms with E-state index < -0.39 is 0 Å². The second kappa shape index (κ2) is 4.64. The highest BCUT2D eigenvalue weighted by molar-refractivity contribution is 5.38. The molecule has 0 bridgehead atoms. The van der Waals surface area contributed by atoms with E-state index in [0.29, 0.717) is 11.7 Å². The van der Waals surface area contributed by atoms with Crippen molar-refractivity contribution in [3.8, 4) is 5.75 Å². The number of hydrogen-bond acceptors (Lipinski definition) is 3. The summed E-state index contributed by atoms with van der Waals surface area (Å²) in [5, 5.41) is 12.9. The lowest BCUT2D eigenvalue weighted by Crippen LogP contribution is -2.28. The second-order valence-electron chi connectivity index (χ2n) is 3.99. The van der Waals surface area contributed by atoms with Gasteiger partial charge in [0, 0.05) is 26.8 Å². The molecule has 0 aliphatic carbocycles. The van der Waals surface area contributed by atoms with Crippen molar-refractivity contribution >= 4 is 0 Å². The summed E-state index contributed by atoms with van der Waals surface area (Å²) in [5.74, 6) is 0.818. The second-order valence-corrected chi connectivity index (χ2v) is 3.99. The van der Waals surface area contributed by atoms with Gasteiger partial charge in [0.15, 0.2) is 0 Å². The Morgan fingerprint density at radius 2 is 2.40 bits per heavy atom. The Balaban J connectivity index is 2.20. The zero-order chi connectivity index (χ0) is 10.7. The van der Waals surface area contributed by atoms with Crippen LogP contribution >= 0.6 is 0 Å². The number of ether oxygens (including phenoxy) is 1. The zero-order valence-electron chi connectivity index (χ0n) is 8.99. The van der Waals surface area contributed by atoms with Crippen molar-refractivity contribution < 1.29 is 9.84 Å². The third kappa shape index (κ3) is 2.30. The van der Waals surface area contributed by atoms with E-state index in [-0.39, 0.29) is 0 Å². The summed E-state index contributed by atoms with van der Waals surface area (Å²) >= 11 is 0. The molecule has 0 saturated heterocycles. The topological polar surface area (TPSA) is 41.5 Å². The molecule has 0 saturated carbocycles. The Bertz CT molecular complexity index is 338. The molecule has 3 nitrogen and oxygen atoms in total. The minimum absolute atomic E-state index is 0.359. The van der Waals surface area contributed by atoms with Crippen molar-refractivity contribution in [2.24, 2.45) is 0 Å². The predicted molar refractivity (Wildman–Crippen MR) is 59.0 cm³/mol. The number of fused-ring (bicyclic) bond motifs is 1. The maximum atomic E-state index is 9.48. The van der Waals surface area contributed by atoms with Crippen molar-refractivity contribution in [1.29, 1.82) is 0 Å². The van der Waals surface area contributed by atoms with Crippen LogP contribution in [-0.4, -0.2) is 25.4 Å². The van der Waals surface area contributed by atoms with E-state index in [1.807, 2.05) is 12.1 Å². The molecule has 82 valence electrons. The van der Waals surface area contributed by atoms with Crippen molar-refractivity contribution in [2.45, 2.75) is 18.9 Å². The molecule has 1 aromatic rings. The molecule has 0 radical (unpaired) electrons. The van der Waals surface area contributed by atoms with Gasteiger partial charge in [-0.3, -0.25) is 0 Å². The molecule has 2 N–H and O–H groups in total. The van der Waals surface area contributed by atoms with Gasteiger partial charge in [0.05, 0.1) is 0 Å². The van der Waals surface area contributed by atoms with Crippen LogP contribution in [0.4, 0.5) is 0 Å². The summed E-state index contributed by atoms with van der Waals surface area (Å²) in [4.78, 5) is 0. The molecule has 0 amide bonds. The Labute approximate surface area is 90.1 Å². The Kier molecular flexibility index (Phi) is 3.23. The number of nitrogens with one attached hydrogen (secondary N) is 1. The molecular formula is C12H17NO2. The molecule has 1 unspecified atom stereocenters. The van der Waals surface area contributed by atoms with Crippen LogP contribution in [0.2, 0.25) is 0 Å². The highest BCUT2D eigenvalue weighted by Crippen LogP contribution is 2.29. The zero-order valence-corrected chi connectivity index (χ0v) is 8.99. The third-order valence-electron chi connectivity index (χ3n) is 2.95. The molecule has 2 rings (SSSR count). The molecule has 3 heteroatoms. The molecule has 1 aromatic carbocycles. The first-order chi connectivity index (χ1) is 7.31. The molecule has 0 aromatic heterocycles. The summed E-state index contributed by atoms with van der Waals surface area (Å²) in [6, 6.07) is 5.63. The quantitative estimate of drug-likeness (QED) is 0.791. The third-order valence-corrected chi connectivity index (χ3v) is 2.95. The number of aromatic hydroxyl groups is 1. The number of hydrogen-bond donors (Lipinski definition) is 2. The molecular weight excluding hydrogens is 190 g/mol. The van der Waals surface area contributed by atoms with Crippen molar-refractivity contribution in [2.75, 3.05) is 20.3 Å². The van der Waals surface area contributed by atoms with Crippen molar-refractivity contribution in [1.82, 2.24) is 5.32 Å². The van der Waals surface area contributed by atoms with Gasteiger partial charge in [-0.15, -0.1) is 0 Å². The molecule has 1 heterocycles. The first-order valence-corrected chi connectivity index (χ1v) is 5.32. The molecule has 1 aliphatic rings. The van der Waals surface area contributed by atoms with Crippen molar-refractivity contribution in [3.05, 3.63) is 29.3 Å². The van der Waals surface area contributed by atoms with Gasteiger partial charge >= 0.3 is 0 Å². The fourth-order valence-corrected chi connectivity index (χ4v) is 2.13. The average Bonchev–Trinajstić information content (AvgIpc) is 2.26. The van der Waals surface area contributed by atoms with Crippen LogP contribution in [0.1, 0.15) is 23.5 Å². The maximum Gasteiger partial charge on any atom is 0.115 e. The highest BCUT2D eigenvalue weighted by atomic mass is 16.5. The van der Waals surface area contributed by atoms with Gasteiger partial charge in [0.1, 0.15) is 5.75 Å². The molecule has 0 fully saturated rings. The summed E-state index contributed by atoms with van der Waals surface area (Å²) in [6.07, 6.45) is 1.000. The minimum atomic E-state index is 0.359. The summed E-state index contributed by atoms with van der Waals surface area (Å²) < 4.78 is 5.10. The fourth-order valence-electron chi connectivity index (χ4n) is 2.13. The average molecular weight is 207 g/mol. The predicted octanol–water partition coefficient (Wildman–Crippen LogP) is 1.62. The first kappa shape index (κ1) is 10.5. The lowest BCUT2D eigenvalue weighted by molar-refractivity contribution is 0.186. The van der Waals surface area contributed by atoms with E-state index in [0.717, 1.165) is 26.1 Å². The van der Waals surface area contributed by atoms with Crippen LogP contribution in [-0.2, 0) is 11.3 Å². The number of methoxy groups -OCH3 is 1. The van der Waals surface area contributed by atoms with Gasteiger partial charge in [0.2, 0.25) is 0 Å². The Hall–Kier alpha value is -1.06. The maximum absolute atomic E-state index is 9.48. The van der Waals surface area contributed by atoms with Crippen LogP contribution in [0.15, 0.2) is 18.2 Å². The van der Waals surface area contributed by atoms with Crippen LogP contribution in [0.25, 0.3) is 0 Å². The van der Waals surface area contributed by atoms with E-state index in [9.17, 15) is 5.11 Å². The van der Waals surface area contributed by atoms with E-state index in [2.05, 4.69) is 5.32 Å². The van der Waals surface area contributed by atoms with Crippen LogP contribution in [0, 0.1) is 0 Å². The SMILES string of the molecule is COCCC1CNCc2ccc(O)cc21.